The lowest BCUT2D eigenvalue weighted by atomic mass is 9.80. The zero-order valence-electron chi connectivity index (χ0n) is 18.5. The van der Waals surface area contributed by atoms with Gasteiger partial charge in [-0.3, -0.25) is 0 Å². The molecule has 1 aliphatic heterocycles. The number of likely N-dealkylation sites (tertiary alicyclic amines) is 1. The van der Waals surface area contributed by atoms with Crippen molar-refractivity contribution in [3.63, 3.8) is 0 Å². The van der Waals surface area contributed by atoms with E-state index >= 15 is 0 Å². The van der Waals surface area contributed by atoms with Crippen LogP contribution in [-0.4, -0.2) is 24.5 Å². The smallest absolute Gasteiger partial charge is 0.0539 e. The number of benzene rings is 3. The van der Waals surface area contributed by atoms with Crippen LogP contribution in [0.2, 0.25) is 0 Å². The third-order valence-corrected chi connectivity index (χ3v) is 7.36. The van der Waals surface area contributed by atoms with Crippen molar-refractivity contribution < 1.29 is 0 Å². The van der Waals surface area contributed by atoms with Crippen LogP contribution in [0.4, 0.5) is 0 Å². The second-order valence-electron chi connectivity index (χ2n) is 9.64. The molecule has 0 bridgehead atoms. The van der Waals surface area contributed by atoms with Crippen LogP contribution in [0.5, 0.6) is 0 Å². The fraction of sp³-hybridized carbons (Fsp3) is 0.379. The van der Waals surface area contributed by atoms with Crippen LogP contribution in [0.3, 0.4) is 0 Å². The molecule has 1 aliphatic carbocycles. The fourth-order valence-electron chi connectivity index (χ4n) is 5.70. The lowest BCUT2D eigenvalue weighted by molar-refractivity contribution is 0.130. The highest BCUT2D eigenvalue weighted by Crippen LogP contribution is 2.38. The molecule has 2 nitrogen and oxygen atoms in total. The quantitative estimate of drug-likeness (QED) is 0.523. The summed E-state index contributed by atoms with van der Waals surface area (Å²) in [5, 5.41) is 0. The van der Waals surface area contributed by atoms with Crippen LogP contribution in [0.1, 0.15) is 44.1 Å². The predicted molar refractivity (Wildman–Crippen MR) is 131 cm³/mol. The summed E-state index contributed by atoms with van der Waals surface area (Å²) in [4.78, 5) is 2.65. The van der Waals surface area contributed by atoms with Crippen molar-refractivity contribution in [3.05, 3.63) is 84.4 Å². The van der Waals surface area contributed by atoms with Gasteiger partial charge < -0.3 is 10.6 Å². The van der Waals surface area contributed by atoms with E-state index < -0.39 is 0 Å². The number of nitrogens with zero attached hydrogens (tertiary/aromatic N) is 1. The first-order valence-electron chi connectivity index (χ1n) is 12.0. The SMILES string of the molecule is N[C@@]1(c2ccc(-c3ccccc3)c(-c3ccccc3)c2)CCCN(CC2CCCC2)C1. The van der Waals surface area contributed by atoms with Gasteiger partial charge in [0.15, 0.2) is 0 Å². The van der Waals surface area contributed by atoms with E-state index in [2.05, 4.69) is 83.8 Å². The largest absolute Gasteiger partial charge is 0.320 e. The highest BCUT2D eigenvalue weighted by atomic mass is 15.2. The Labute approximate surface area is 187 Å². The summed E-state index contributed by atoms with van der Waals surface area (Å²) in [5.41, 5.74) is 13.2. The van der Waals surface area contributed by atoms with Crippen LogP contribution >= 0.6 is 0 Å². The van der Waals surface area contributed by atoms with Crippen LogP contribution in [0.25, 0.3) is 22.3 Å². The average molecular weight is 411 g/mol. The highest BCUT2D eigenvalue weighted by Gasteiger charge is 2.34. The Morgan fingerprint density at radius 3 is 2.10 bits per heavy atom. The zero-order valence-corrected chi connectivity index (χ0v) is 18.5. The minimum Gasteiger partial charge on any atom is -0.320 e. The van der Waals surface area contributed by atoms with E-state index in [1.54, 1.807) is 0 Å². The van der Waals surface area contributed by atoms with Gasteiger partial charge in [0.05, 0.1) is 5.54 Å². The molecule has 2 heteroatoms. The molecule has 2 N–H and O–H groups in total. The van der Waals surface area contributed by atoms with Crippen molar-refractivity contribution in [2.75, 3.05) is 19.6 Å². The normalized spacial score (nSPS) is 22.6. The maximum atomic E-state index is 7.14. The number of piperidine rings is 1. The molecule has 3 aromatic rings. The first kappa shape index (κ1) is 20.5. The number of rotatable bonds is 5. The molecule has 2 aliphatic rings. The Morgan fingerprint density at radius 2 is 1.42 bits per heavy atom. The lowest BCUT2D eigenvalue weighted by Crippen LogP contribution is -2.52. The molecule has 31 heavy (non-hydrogen) atoms. The van der Waals surface area contributed by atoms with Gasteiger partial charge in [-0.1, -0.05) is 85.6 Å². The zero-order chi connectivity index (χ0) is 21.1. The van der Waals surface area contributed by atoms with Crippen LogP contribution in [0.15, 0.2) is 78.9 Å². The molecule has 0 aromatic heterocycles. The predicted octanol–water partition coefficient (Wildman–Crippen LogP) is 6.46. The van der Waals surface area contributed by atoms with Gasteiger partial charge in [0.2, 0.25) is 0 Å². The third kappa shape index (κ3) is 4.46. The van der Waals surface area contributed by atoms with Gasteiger partial charge in [0.25, 0.3) is 0 Å². The number of hydrogen-bond acceptors (Lipinski definition) is 2. The first-order valence-corrected chi connectivity index (χ1v) is 12.0. The molecule has 0 unspecified atom stereocenters. The molecular formula is C29H34N2. The maximum Gasteiger partial charge on any atom is 0.0539 e. The van der Waals surface area contributed by atoms with E-state index in [9.17, 15) is 0 Å². The Kier molecular flexibility index (Phi) is 5.93. The average Bonchev–Trinajstić information content (AvgIpc) is 3.33. The van der Waals surface area contributed by atoms with E-state index in [1.165, 1.54) is 73.0 Å². The molecule has 5 rings (SSSR count). The fourth-order valence-corrected chi connectivity index (χ4v) is 5.70. The van der Waals surface area contributed by atoms with Gasteiger partial charge in [0, 0.05) is 13.1 Å². The third-order valence-electron chi connectivity index (χ3n) is 7.36. The minimum atomic E-state index is -0.268. The van der Waals surface area contributed by atoms with Crippen LogP contribution < -0.4 is 5.73 Å². The van der Waals surface area contributed by atoms with Crippen molar-refractivity contribution in [2.24, 2.45) is 11.7 Å². The van der Waals surface area contributed by atoms with Crippen LogP contribution in [0, 0.1) is 5.92 Å². The van der Waals surface area contributed by atoms with E-state index in [0.717, 1.165) is 18.9 Å². The molecule has 3 aromatic carbocycles. The molecule has 0 radical (unpaired) electrons. The minimum absolute atomic E-state index is 0.268. The summed E-state index contributed by atoms with van der Waals surface area (Å²) < 4.78 is 0. The van der Waals surface area contributed by atoms with Crippen molar-refractivity contribution in [3.8, 4) is 22.3 Å². The second kappa shape index (κ2) is 8.98. The van der Waals surface area contributed by atoms with Gasteiger partial charge in [-0.15, -0.1) is 0 Å². The van der Waals surface area contributed by atoms with E-state index in [4.69, 9.17) is 5.73 Å². The van der Waals surface area contributed by atoms with Gasteiger partial charge in [-0.2, -0.15) is 0 Å². The topological polar surface area (TPSA) is 29.3 Å². The van der Waals surface area contributed by atoms with E-state index in [0.29, 0.717) is 0 Å². The van der Waals surface area contributed by atoms with Gasteiger partial charge in [-0.05, 0) is 72.0 Å². The molecule has 0 amide bonds. The Hall–Kier alpha value is -2.42. The van der Waals surface area contributed by atoms with Crippen molar-refractivity contribution in [2.45, 2.75) is 44.1 Å². The van der Waals surface area contributed by atoms with Crippen LogP contribution in [-0.2, 0) is 5.54 Å². The van der Waals surface area contributed by atoms with Gasteiger partial charge in [-0.25, -0.2) is 0 Å². The summed E-state index contributed by atoms with van der Waals surface area (Å²) in [6.45, 7) is 3.40. The first-order chi connectivity index (χ1) is 15.2. The molecule has 1 heterocycles. The highest BCUT2D eigenvalue weighted by molar-refractivity contribution is 5.84. The molecular weight excluding hydrogens is 376 g/mol. The Morgan fingerprint density at radius 1 is 0.774 bits per heavy atom. The summed E-state index contributed by atoms with van der Waals surface area (Å²) >= 11 is 0. The monoisotopic (exact) mass is 410 g/mol. The van der Waals surface area contributed by atoms with Gasteiger partial charge >= 0.3 is 0 Å². The number of nitrogens with two attached hydrogens (primary N) is 1. The lowest BCUT2D eigenvalue weighted by Gasteiger charge is -2.42. The van der Waals surface area contributed by atoms with Crippen molar-refractivity contribution >= 4 is 0 Å². The summed E-state index contributed by atoms with van der Waals surface area (Å²) in [6.07, 6.45) is 7.87. The Balaban J connectivity index is 1.49. The molecule has 160 valence electrons. The standard InChI is InChI=1S/C29H34N2/c30-29(18-9-19-31(22-29)21-23-10-7-8-11-23)26-16-17-27(24-12-3-1-4-13-24)28(20-26)25-14-5-2-6-15-25/h1-6,12-17,20,23H,7-11,18-19,21-22,30H2/t29-/m0/s1. The Bertz CT molecular complexity index is 992. The molecule has 0 spiro atoms. The molecule has 1 saturated heterocycles. The number of hydrogen-bond donors (Lipinski definition) is 1. The summed E-state index contributed by atoms with van der Waals surface area (Å²) in [6, 6.07) is 28.4. The van der Waals surface area contributed by atoms with E-state index in [-0.39, 0.29) is 5.54 Å². The van der Waals surface area contributed by atoms with Crippen molar-refractivity contribution in [1.29, 1.82) is 0 Å². The summed E-state index contributed by atoms with van der Waals surface area (Å²) in [7, 11) is 0. The van der Waals surface area contributed by atoms with Gasteiger partial charge in [0.1, 0.15) is 0 Å². The molecule has 1 saturated carbocycles. The maximum absolute atomic E-state index is 7.14. The second-order valence-corrected chi connectivity index (χ2v) is 9.64. The molecule has 2 fully saturated rings. The molecule has 1 atom stereocenters. The van der Waals surface area contributed by atoms with E-state index in [1.807, 2.05) is 0 Å². The van der Waals surface area contributed by atoms with Crippen molar-refractivity contribution in [1.82, 2.24) is 4.90 Å². The summed E-state index contributed by atoms with van der Waals surface area (Å²) in [5.74, 6) is 0.877.